The van der Waals surface area contributed by atoms with E-state index in [1.54, 1.807) is 28.0 Å². The van der Waals surface area contributed by atoms with Crippen molar-refractivity contribution >= 4 is 23.4 Å². The Morgan fingerprint density at radius 1 is 1.14 bits per heavy atom. The fourth-order valence-corrected chi connectivity index (χ4v) is 3.20. The summed E-state index contributed by atoms with van der Waals surface area (Å²) in [5.41, 5.74) is 2.89. The van der Waals surface area contributed by atoms with Crippen molar-refractivity contribution in [2.24, 2.45) is 0 Å². The van der Waals surface area contributed by atoms with Crippen molar-refractivity contribution in [1.29, 1.82) is 5.26 Å². The molecule has 3 rings (SSSR count). The molecule has 2 aromatic rings. The maximum atomic E-state index is 13.0. The Kier molecular flexibility index (Phi) is 6.12. The third kappa shape index (κ3) is 4.41. The SMILES string of the molecule is CCNC(=O)Nc1ccc(N2CCCN(Cc3ccccc3C#N)C2=O)cc1. The quantitative estimate of drug-likeness (QED) is 0.835. The standard InChI is InChI=1S/C21H23N5O2/c1-2-23-20(27)24-18-8-10-19(11-9-18)26-13-5-12-25(21(26)28)15-17-7-4-3-6-16(17)14-22/h3-4,6-11H,2,5,12-13,15H2,1H3,(H2,23,24,27). The molecule has 28 heavy (non-hydrogen) atoms. The lowest BCUT2D eigenvalue weighted by atomic mass is 10.1. The summed E-state index contributed by atoms with van der Waals surface area (Å²) in [5, 5.41) is 14.7. The molecule has 0 aromatic heterocycles. The minimum atomic E-state index is -0.258. The van der Waals surface area contributed by atoms with E-state index in [9.17, 15) is 14.9 Å². The molecule has 1 aliphatic rings. The van der Waals surface area contributed by atoms with E-state index in [1.165, 1.54) is 0 Å². The molecule has 0 unspecified atom stereocenters. The number of carbonyl (C=O) groups excluding carboxylic acids is 2. The van der Waals surface area contributed by atoms with Gasteiger partial charge in [0.25, 0.3) is 0 Å². The highest BCUT2D eigenvalue weighted by Gasteiger charge is 2.27. The molecule has 7 heteroatoms. The summed E-state index contributed by atoms with van der Waals surface area (Å²) >= 11 is 0. The monoisotopic (exact) mass is 377 g/mol. The van der Waals surface area contributed by atoms with Crippen LogP contribution in [0, 0.1) is 11.3 Å². The second-order valence-corrected chi connectivity index (χ2v) is 6.51. The van der Waals surface area contributed by atoms with Crippen molar-refractivity contribution in [2.75, 3.05) is 29.9 Å². The number of nitrogens with zero attached hydrogens (tertiary/aromatic N) is 3. The second kappa shape index (κ2) is 8.91. The minimum Gasteiger partial charge on any atom is -0.338 e. The molecule has 144 valence electrons. The highest BCUT2D eigenvalue weighted by Crippen LogP contribution is 2.23. The lowest BCUT2D eigenvalue weighted by Crippen LogP contribution is -2.49. The second-order valence-electron chi connectivity index (χ2n) is 6.51. The van der Waals surface area contributed by atoms with E-state index in [0.29, 0.717) is 37.4 Å². The fraction of sp³-hybridized carbons (Fsp3) is 0.286. The largest absolute Gasteiger partial charge is 0.338 e. The van der Waals surface area contributed by atoms with Crippen LogP contribution in [0.15, 0.2) is 48.5 Å². The summed E-state index contributed by atoms with van der Waals surface area (Å²) in [7, 11) is 0. The molecule has 1 fully saturated rings. The van der Waals surface area contributed by atoms with E-state index in [2.05, 4.69) is 16.7 Å². The molecule has 0 saturated carbocycles. The summed E-state index contributed by atoms with van der Waals surface area (Å²) in [4.78, 5) is 28.1. The minimum absolute atomic E-state index is 0.0802. The van der Waals surface area contributed by atoms with Gasteiger partial charge in [0.15, 0.2) is 0 Å². The van der Waals surface area contributed by atoms with Crippen LogP contribution in [-0.4, -0.2) is 36.6 Å². The van der Waals surface area contributed by atoms with Gasteiger partial charge in [-0.3, -0.25) is 4.90 Å². The third-order valence-electron chi connectivity index (χ3n) is 4.58. The Labute approximate surface area is 164 Å². The number of anilines is 2. The molecule has 1 aliphatic heterocycles. The fourth-order valence-electron chi connectivity index (χ4n) is 3.20. The highest BCUT2D eigenvalue weighted by molar-refractivity contribution is 5.94. The Balaban J connectivity index is 1.70. The van der Waals surface area contributed by atoms with E-state index in [-0.39, 0.29) is 12.1 Å². The maximum absolute atomic E-state index is 13.0. The molecule has 1 heterocycles. The Hall–Kier alpha value is -3.53. The molecule has 0 bridgehead atoms. The predicted octanol–water partition coefficient (Wildman–Crippen LogP) is 3.53. The topological polar surface area (TPSA) is 88.5 Å². The summed E-state index contributed by atoms with van der Waals surface area (Å²) in [6.45, 7) is 4.11. The van der Waals surface area contributed by atoms with Crippen LogP contribution in [0.2, 0.25) is 0 Å². The van der Waals surface area contributed by atoms with Crippen molar-refractivity contribution in [3.05, 3.63) is 59.7 Å². The zero-order chi connectivity index (χ0) is 19.9. The molecule has 0 radical (unpaired) electrons. The zero-order valence-corrected chi connectivity index (χ0v) is 15.8. The lowest BCUT2D eigenvalue weighted by molar-refractivity contribution is 0.192. The number of hydrogen-bond donors (Lipinski definition) is 2. The first kappa shape index (κ1) is 19.2. The van der Waals surface area contributed by atoms with Gasteiger partial charge >= 0.3 is 12.1 Å². The number of rotatable bonds is 5. The number of nitriles is 1. The van der Waals surface area contributed by atoms with Gasteiger partial charge in [-0.05, 0) is 49.2 Å². The average Bonchev–Trinajstić information content (AvgIpc) is 2.71. The first-order chi connectivity index (χ1) is 13.6. The Morgan fingerprint density at radius 2 is 1.89 bits per heavy atom. The van der Waals surface area contributed by atoms with E-state index < -0.39 is 0 Å². The van der Waals surface area contributed by atoms with Crippen LogP contribution >= 0.6 is 0 Å². The summed E-state index contributed by atoms with van der Waals surface area (Å²) < 4.78 is 0. The van der Waals surface area contributed by atoms with Gasteiger partial charge in [0.2, 0.25) is 0 Å². The highest BCUT2D eigenvalue weighted by atomic mass is 16.2. The molecular weight excluding hydrogens is 354 g/mol. The molecule has 7 nitrogen and oxygen atoms in total. The summed E-state index contributed by atoms with van der Waals surface area (Å²) in [6.07, 6.45) is 0.847. The van der Waals surface area contributed by atoms with Gasteiger partial charge in [0, 0.05) is 37.6 Å². The Morgan fingerprint density at radius 3 is 2.61 bits per heavy atom. The first-order valence-corrected chi connectivity index (χ1v) is 9.31. The van der Waals surface area contributed by atoms with E-state index in [1.807, 2.05) is 37.3 Å². The molecule has 2 N–H and O–H groups in total. The van der Waals surface area contributed by atoms with Crippen LogP contribution in [0.4, 0.5) is 21.0 Å². The number of urea groups is 2. The van der Waals surface area contributed by atoms with Crippen molar-refractivity contribution in [3.8, 4) is 6.07 Å². The van der Waals surface area contributed by atoms with Crippen LogP contribution in [0.5, 0.6) is 0 Å². The van der Waals surface area contributed by atoms with Crippen LogP contribution in [0.3, 0.4) is 0 Å². The van der Waals surface area contributed by atoms with Crippen LogP contribution in [0.25, 0.3) is 0 Å². The lowest BCUT2D eigenvalue weighted by Gasteiger charge is -2.36. The van der Waals surface area contributed by atoms with E-state index in [0.717, 1.165) is 17.7 Å². The molecule has 2 aromatic carbocycles. The summed E-state index contributed by atoms with van der Waals surface area (Å²) in [5.74, 6) is 0. The number of hydrogen-bond acceptors (Lipinski definition) is 3. The van der Waals surface area contributed by atoms with Crippen LogP contribution < -0.4 is 15.5 Å². The van der Waals surface area contributed by atoms with Gasteiger partial charge in [-0.25, -0.2) is 9.59 Å². The smallest absolute Gasteiger partial charge is 0.324 e. The molecule has 1 saturated heterocycles. The van der Waals surface area contributed by atoms with E-state index in [4.69, 9.17) is 0 Å². The van der Waals surface area contributed by atoms with Crippen molar-refractivity contribution in [3.63, 3.8) is 0 Å². The number of nitrogens with one attached hydrogen (secondary N) is 2. The normalized spacial score (nSPS) is 13.8. The predicted molar refractivity (Wildman–Crippen MR) is 108 cm³/mol. The average molecular weight is 377 g/mol. The third-order valence-corrected chi connectivity index (χ3v) is 4.58. The Bertz CT molecular complexity index is 888. The van der Waals surface area contributed by atoms with Crippen LogP contribution in [0.1, 0.15) is 24.5 Å². The summed E-state index contributed by atoms with van der Waals surface area (Å²) in [6, 6.07) is 16.4. The number of amides is 4. The van der Waals surface area contributed by atoms with Gasteiger partial charge in [-0.15, -0.1) is 0 Å². The van der Waals surface area contributed by atoms with Gasteiger partial charge in [0.05, 0.1) is 11.6 Å². The molecule has 0 spiro atoms. The molecule has 0 atom stereocenters. The van der Waals surface area contributed by atoms with Gasteiger partial charge < -0.3 is 15.5 Å². The van der Waals surface area contributed by atoms with Gasteiger partial charge in [-0.1, -0.05) is 18.2 Å². The molecule has 4 amide bonds. The van der Waals surface area contributed by atoms with Crippen molar-refractivity contribution in [2.45, 2.75) is 19.9 Å². The first-order valence-electron chi connectivity index (χ1n) is 9.31. The van der Waals surface area contributed by atoms with Crippen molar-refractivity contribution < 1.29 is 9.59 Å². The number of benzene rings is 2. The number of carbonyl (C=O) groups is 2. The molecule has 0 aliphatic carbocycles. The van der Waals surface area contributed by atoms with E-state index >= 15 is 0 Å². The van der Waals surface area contributed by atoms with Gasteiger partial charge in [-0.2, -0.15) is 5.26 Å². The van der Waals surface area contributed by atoms with Gasteiger partial charge in [0.1, 0.15) is 0 Å². The zero-order valence-electron chi connectivity index (χ0n) is 15.8. The molecular formula is C21H23N5O2. The van der Waals surface area contributed by atoms with Crippen molar-refractivity contribution in [1.82, 2.24) is 10.2 Å². The van der Waals surface area contributed by atoms with Crippen LogP contribution in [-0.2, 0) is 6.54 Å². The maximum Gasteiger partial charge on any atom is 0.324 e.